The highest BCUT2D eigenvalue weighted by molar-refractivity contribution is 7.89. The van der Waals surface area contributed by atoms with Gasteiger partial charge in [-0.15, -0.1) is 16.2 Å². The van der Waals surface area contributed by atoms with Crippen molar-refractivity contribution in [3.8, 4) is 11.3 Å². The van der Waals surface area contributed by atoms with Gasteiger partial charge in [-0.25, -0.2) is 13.4 Å². The molecule has 0 radical (unpaired) electrons. The van der Waals surface area contributed by atoms with Gasteiger partial charge < -0.3 is 4.52 Å². The van der Waals surface area contributed by atoms with E-state index in [1.54, 1.807) is 12.3 Å². The number of nitrogens with zero attached hydrogens (tertiary/aromatic N) is 2. The Balaban J connectivity index is 1.50. The Hall–Kier alpha value is -2.11. The minimum Gasteiger partial charge on any atom is -0.360 e. The van der Waals surface area contributed by atoms with Crippen LogP contribution in [0.1, 0.15) is 54.4 Å². The van der Waals surface area contributed by atoms with Crippen molar-refractivity contribution in [2.45, 2.75) is 47.0 Å². The fourth-order valence-corrected chi connectivity index (χ4v) is 7.21. The molecule has 30 heavy (non-hydrogen) atoms. The quantitative estimate of drug-likeness (QED) is 0.643. The normalized spacial score (nSPS) is 25.1. The number of Topliss-reactive ketones (excluding diaryl/α,β-unsaturated/α-hetero) is 1. The molecule has 2 aliphatic rings. The van der Waals surface area contributed by atoms with Crippen LogP contribution in [0.3, 0.4) is 0 Å². The number of sulfonamides is 1. The topological polar surface area (TPSA) is 131 Å². The second-order valence-corrected chi connectivity index (χ2v) is 11.5. The number of fused-ring (bicyclic) bond motifs is 2. The highest BCUT2D eigenvalue weighted by atomic mass is 32.2. The van der Waals surface area contributed by atoms with E-state index in [-0.39, 0.29) is 28.6 Å². The van der Waals surface area contributed by atoms with Gasteiger partial charge in [0.2, 0.25) is 10.0 Å². The van der Waals surface area contributed by atoms with Gasteiger partial charge in [0, 0.05) is 17.2 Å². The fraction of sp³-hybridized carbons (Fsp3) is 0.579. The van der Waals surface area contributed by atoms with E-state index in [0.29, 0.717) is 29.9 Å². The molecule has 0 aromatic carbocycles. The summed E-state index contributed by atoms with van der Waals surface area (Å²) in [4.78, 5) is 31.7. The van der Waals surface area contributed by atoms with Gasteiger partial charge in [0.25, 0.3) is 5.91 Å². The highest BCUT2D eigenvalue weighted by Crippen LogP contribution is 2.64. The number of carbonyl (C=O) groups excluding carboxylic acids is 2. The Morgan fingerprint density at radius 1 is 1.37 bits per heavy atom. The summed E-state index contributed by atoms with van der Waals surface area (Å²) in [7, 11) is -3.96. The molecule has 162 valence electrons. The maximum absolute atomic E-state index is 12.8. The molecule has 2 N–H and O–H groups in total. The molecular weight excluding hydrogens is 428 g/mol. The Morgan fingerprint density at radius 2 is 2.10 bits per heavy atom. The van der Waals surface area contributed by atoms with Gasteiger partial charge in [0.1, 0.15) is 11.5 Å². The fourth-order valence-electron chi connectivity index (χ4n) is 4.96. The molecule has 0 unspecified atom stereocenters. The van der Waals surface area contributed by atoms with Gasteiger partial charge in [0.15, 0.2) is 5.69 Å². The number of hydrogen-bond acceptors (Lipinski definition) is 8. The molecule has 4 rings (SSSR count). The molecule has 11 heteroatoms. The molecule has 0 aliphatic heterocycles. The Morgan fingerprint density at radius 3 is 2.67 bits per heavy atom. The first-order chi connectivity index (χ1) is 14.0. The van der Waals surface area contributed by atoms with Gasteiger partial charge in [-0.1, -0.05) is 19.0 Å². The van der Waals surface area contributed by atoms with Crippen LogP contribution in [0.25, 0.3) is 11.3 Å². The van der Waals surface area contributed by atoms with Gasteiger partial charge in [-0.3, -0.25) is 15.0 Å². The number of ketones is 1. The van der Waals surface area contributed by atoms with Crippen LogP contribution in [0.2, 0.25) is 0 Å². The van der Waals surface area contributed by atoms with E-state index in [2.05, 4.69) is 20.4 Å². The van der Waals surface area contributed by atoms with Crippen LogP contribution in [-0.4, -0.2) is 36.0 Å². The molecule has 2 aromatic rings. The second kappa shape index (κ2) is 6.96. The van der Waals surface area contributed by atoms with Crippen molar-refractivity contribution in [3.63, 3.8) is 0 Å². The first-order valence-corrected chi connectivity index (χ1v) is 12.2. The summed E-state index contributed by atoms with van der Waals surface area (Å²) in [5.41, 5.74) is 1.80. The molecule has 0 saturated heterocycles. The summed E-state index contributed by atoms with van der Waals surface area (Å²) >= 11 is 1.42. The smallest absolute Gasteiger partial charge is 0.289 e. The van der Waals surface area contributed by atoms with E-state index in [1.807, 2.05) is 20.8 Å². The average Bonchev–Trinajstić information content (AvgIpc) is 3.35. The second-order valence-electron chi connectivity index (χ2n) is 8.70. The number of thiazole rings is 1. The third-order valence-corrected chi connectivity index (χ3v) is 8.91. The van der Waals surface area contributed by atoms with E-state index < -0.39 is 21.3 Å². The molecular formula is C19H24N4O5S2. The Labute approximate surface area is 178 Å². The summed E-state index contributed by atoms with van der Waals surface area (Å²) < 4.78 is 30.7. The van der Waals surface area contributed by atoms with E-state index in [0.717, 1.165) is 11.4 Å². The number of aromatic nitrogens is 2. The van der Waals surface area contributed by atoms with Crippen LogP contribution in [-0.2, 0) is 14.8 Å². The summed E-state index contributed by atoms with van der Waals surface area (Å²) in [5, 5.41) is 6.36. The molecule has 2 heterocycles. The lowest BCUT2D eigenvalue weighted by molar-refractivity contribution is -0.128. The average molecular weight is 453 g/mol. The Bertz CT molecular complexity index is 1130. The van der Waals surface area contributed by atoms with E-state index in [4.69, 9.17) is 4.52 Å². The minimum atomic E-state index is -3.96. The van der Waals surface area contributed by atoms with Gasteiger partial charge in [-0.05, 0) is 38.0 Å². The number of hydrazine groups is 1. The van der Waals surface area contributed by atoms with Crippen LogP contribution < -0.4 is 10.3 Å². The molecule has 2 bridgehead atoms. The number of hydrogen-bond donors (Lipinski definition) is 2. The summed E-state index contributed by atoms with van der Waals surface area (Å²) in [6.45, 7) is 7.42. The van der Waals surface area contributed by atoms with Gasteiger partial charge >= 0.3 is 0 Å². The number of rotatable bonds is 6. The van der Waals surface area contributed by atoms with E-state index in [1.165, 1.54) is 11.3 Å². The highest BCUT2D eigenvalue weighted by Gasteiger charge is 2.65. The lowest BCUT2D eigenvalue weighted by Crippen LogP contribution is -2.49. The lowest BCUT2D eigenvalue weighted by atomic mass is 9.70. The molecule has 2 saturated carbocycles. The van der Waals surface area contributed by atoms with E-state index in [9.17, 15) is 18.0 Å². The number of aryl methyl sites for hydroxylation is 2. The van der Waals surface area contributed by atoms with Crippen molar-refractivity contribution in [1.29, 1.82) is 0 Å². The predicted molar refractivity (Wildman–Crippen MR) is 110 cm³/mol. The summed E-state index contributed by atoms with van der Waals surface area (Å²) in [6.07, 6.45) is 1.81. The third kappa shape index (κ3) is 3.19. The summed E-state index contributed by atoms with van der Waals surface area (Å²) in [6, 6.07) is 0. The van der Waals surface area contributed by atoms with Crippen LogP contribution in [0.4, 0.5) is 0 Å². The molecule has 9 nitrogen and oxygen atoms in total. The molecule has 0 spiro atoms. The Kier molecular flexibility index (Phi) is 4.90. The third-order valence-electron chi connectivity index (χ3n) is 6.85. The zero-order valence-electron chi connectivity index (χ0n) is 17.2. The standard InChI is InChI=1S/C19H24N4O5S2/c1-10-15(13-8-29-11(2)20-13)16(22-28-10)17(25)21-23-30(26,27)9-19-6-5-12(7-14(19)24)18(19,3)4/h8,12,23H,5-7,9H2,1-4H3,(H,21,25)/t12-,19-/m0/s1. The van der Waals surface area contributed by atoms with Crippen LogP contribution in [0.15, 0.2) is 9.90 Å². The van der Waals surface area contributed by atoms with Crippen molar-refractivity contribution in [3.05, 3.63) is 21.8 Å². The maximum atomic E-state index is 12.8. The van der Waals surface area contributed by atoms with Crippen molar-refractivity contribution in [2.75, 3.05) is 5.75 Å². The summed E-state index contributed by atoms with van der Waals surface area (Å²) in [5.74, 6) is -0.498. The SMILES string of the molecule is Cc1nc(-c2c(C(=O)NNS(=O)(=O)C[C@@]34CC[C@@H](CC3=O)C4(C)C)noc2C)cs1. The van der Waals surface area contributed by atoms with Crippen molar-refractivity contribution >= 4 is 33.1 Å². The molecule has 2 fully saturated rings. The molecule has 1 amide bonds. The van der Waals surface area contributed by atoms with Crippen molar-refractivity contribution < 1.29 is 22.5 Å². The van der Waals surface area contributed by atoms with E-state index >= 15 is 0 Å². The number of amides is 1. The van der Waals surface area contributed by atoms with Gasteiger partial charge in [0.05, 0.1) is 22.0 Å². The first-order valence-electron chi connectivity index (χ1n) is 9.69. The molecule has 2 aromatic heterocycles. The zero-order chi connectivity index (χ0) is 21.9. The van der Waals surface area contributed by atoms with Crippen molar-refractivity contribution in [1.82, 2.24) is 20.4 Å². The molecule has 2 atom stereocenters. The maximum Gasteiger partial charge on any atom is 0.289 e. The minimum absolute atomic E-state index is 0.00577. The lowest BCUT2D eigenvalue weighted by Gasteiger charge is -2.36. The van der Waals surface area contributed by atoms with Gasteiger partial charge in [-0.2, -0.15) is 0 Å². The van der Waals surface area contributed by atoms with Crippen molar-refractivity contribution in [2.24, 2.45) is 16.7 Å². The van der Waals surface area contributed by atoms with Crippen LogP contribution >= 0.6 is 11.3 Å². The zero-order valence-corrected chi connectivity index (χ0v) is 18.9. The van der Waals surface area contributed by atoms with Crippen LogP contribution in [0, 0.1) is 30.6 Å². The molecule has 2 aliphatic carbocycles. The predicted octanol–water partition coefficient (Wildman–Crippen LogP) is 2.37. The number of nitrogens with one attached hydrogen (secondary N) is 2. The van der Waals surface area contributed by atoms with Crippen LogP contribution in [0.5, 0.6) is 0 Å². The first kappa shape index (κ1) is 21.1. The monoisotopic (exact) mass is 452 g/mol. The largest absolute Gasteiger partial charge is 0.360 e. The number of carbonyl (C=O) groups is 2.